The van der Waals surface area contributed by atoms with Crippen LogP contribution in [0.1, 0.15) is 50.3 Å². The third-order valence-corrected chi connectivity index (χ3v) is 4.37. The number of amides is 1. The van der Waals surface area contributed by atoms with Gasteiger partial charge in [-0.25, -0.2) is 0 Å². The summed E-state index contributed by atoms with van der Waals surface area (Å²) in [6.07, 6.45) is -0.578. The molecule has 2 atom stereocenters. The second-order valence-electron chi connectivity index (χ2n) is 7.49. The summed E-state index contributed by atoms with van der Waals surface area (Å²) in [5, 5.41) is 2.96. The molecule has 0 saturated carbocycles. The molecule has 2 aromatic rings. The molecule has 0 unspecified atom stereocenters. The van der Waals surface area contributed by atoms with Crippen molar-refractivity contribution >= 4 is 5.91 Å². The van der Waals surface area contributed by atoms with Gasteiger partial charge in [0.1, 0.15) is 18.1 Å². The standard InChI is InChI=1S/C23H31NO3/c1-15(2)21-12-9-17(4)13-22(21)27-19(6)23(25)24-18(5)14-26-20-10-7-16(3)8-11-20/h7-13,15,18-19H,14H2,1-6H3,(H,24,25)/t18-,19-/m1/s1. The van der Waals surface area contributed by atoms with Crippen molar-refractivity contribution in [3.8, 4) is 11.5 Å². The smallest absolute Gasteiger partial charge is 0.261 e. The summed E-state index contributed by atoms with van der Waals surface area (Å²) in [5.74, 6) is 1.76. The molecule has 146 valence electrons. The van der Waals surface area contributed by atoms with Crippen molar-refractivity contribution < 1.29 is 14.3 Å². The predicted octanol–water partition coefficient (Wildman–Crippen LogP) is 4.78. The molecule has 0 aromatic heterocycles. The van der Waals surface area contributed by atoms with Crippen LogP contribution in [0.4, 0.5) is 0 Å². The number of rotatable bonds is 8. The van der Waals surface area contributed by atoms with E-state index in [9.17, 15) is 4.79 Å². The fourth-order valence-electron chi connectivity index (χ4n) is 2.72. The summed E-state index contributed by atoms with van der Waals surface area (Å²) in [5.41, 5.74) is 3.41. The van der Waals surface area contributed by atoms with Crippen molar-refractivity contribution in [3.05, 3.63) is 59.2 Å². The molecule has 0 aliphatic carbocycles. The molecule has 0 bridgehead atoms. The van der Waals surface area contributed by atoms with Crippen LogP contribution in [0, 0.1) is 13.8 Å². The molecule has 0 fully saturated rings. The highest BCUT2D eigenvalue weighted by molar-refractivity contribution is 5.81. The first-order valence-corrected chi connectivity index (χ1v) is 9.53. The Kier molecular flexibility index (Phi) is 7.28. The van der Waals surface area contributed by atoms with Gasteiger partial charge < -0.3 is 14.8 Å². The Morgan fingerprint density at radius 2 is 1.59 bits per heavy atom. The number of carbonyl (C=O) groups is 1. The molecule has 0 aliphatic rings. The highest BCUT2D eigenvalue weighted by Gasteiger charge is 2.19. The van der Waals surface area contributed by atoms with Gasteiger partial charge in [-0.1, -0.05) is 43.7 Å². The zero-order chi connectivity index (χ0) is 20.0. The molecule has 1 amide bonds. The highest BCUT2D eigenvalue weighted by atomic mass is 16.5. The molecule has 2 rings (SSSR count). The monoisotopic (exact) mass is 369 g/mol. The molecule has 4 heteroatoms. The number of nitrogens with one attached hydrogen (secondary N) is 1. The van der Waals surface area contributed by atoms with Crippen molar-refractivity contribution in [3.63, 3.8) is 0 Å². The summed E-state index contributed by atoms with van der Waals surface area (Å²) >= 11 is 0. The lowest BCUT2D eigenvalue weighted by Gasteiger charge is -2.21. The van der Waals surface area contributed by atoms with Crippen molar-refractivity contribution in [1.29, 1.82) is 0 Å². The number of aryl methyl sites for hydroxylation is 2. The molecule has 0 spiro atoms. The summed E-state index contributed by atoms with van der Waals surface area (Å²) in [7, 11) is 0. The largest absolute Gasteiger partial charge is 0.491 e. The van der Waals surface area contributed by atoms with E-state index < -0.39 is 6.10 Å². The number of hydrogen-bond acceptors (Lipinski definition) is 3. The summed E-state index contributed by atoms with van der Waals surface area (Å²) < 4.78 is 11.7. The second kappa shape index (κ2) is 9.45. The molecule has 0 saturated heterocycles. The van der Waals surface area contributed by atoms with Gasteiger partial charge in [0.05, 0.1) is 6.04 Å². The van der Waals surface area contributed by atoms with Crippen LogP contribution in [0.3, 0.4) is 0 Å². The molecular formula is C23H31NO3. The SMILES string of the molecule is Cc1ccc(OC[C@@H](C)NC(=O)[C@@H](C)Oc2cc(C)ccc2C(C)C)cc1. The Balaban J connectivity index is 1.89. The zero-order valence-corrected chi connectivity index (χ0v) is 17.2. The Labute approximate surface area is 162 Å². The summed E-state index contributed by atoms with van der Waals surface area (Å²) in [4.78, 5) is 12.5. The average Bonchev–Trinajstić information content (AvgIpc) is 2.61. The summed E-state index contributed by atoms with van der Waals surface area (Å²) in [6, 6.07) is 13.9. The van der Waals surface area contributed by atoms with Crippen LogP contribution < -0.4 is 14.8 Å². The van der Waals surface area contributed by atoms with Crippen molar-refractivity contribution in [2.45, 2.75) is 59.6 Å². The maximum absolute atomic E-state index is 12.5. The lowest BCUT2D eigenvalue weighted by molar-refractivity contribution is -0.128. The van der Waals surface area contributed by atoms with E-state index in [2.05, 4.69) is 31.3 Å². The average molecular weight is 370 g/mol. The molecule has 4 nitrogen and oxygen atoms in total. The van der Waals surface area contributed by atoms with Gasteiger partial charge in [0, 0.05) is 0 Å². The Hall–Kier alpha value is -2.49. The van der Waals surface area contributed by atoms with Gasteiger partial charge in [-0.2, -0.15) is 0 Å². The number of benzene rings is 2. The van der Waals surface area contributed by atoms with Gasteiger partial charge in [0.25, 0.3) is 5.91 Å². The third kappa shape index (κ3) is 6.31. The van der Waals surface area contributed by atoms with Crippen molar-refractivity contribution in [1.82, 2.24) is 5.32 Å². The Morgan fingerprint density at radius 1 is 0.963 bits per heavy atom. The predicted molar refractivity (Wildman–Crippen MR) is 110 cm³/mol. The first-order valence-electron chi connectivity index (χ1n) is 9.53. The lowest BCUT2D eigenvalue weighted by Crippen LogP contribution is -2.43. The fraction of sp³-hybridized carbons (Fsp3) is 0.435. The molecule has 0 heterocycles. The Bertz CT molecular complexity index is 753. The highest BCUT2D eigenvalue weighted by Crippen LogP contribution is 2.28. The van der Waals surface area contributed by atoms with Gasteiger partial charge in [0.15, 0.2) is 6.10 Å². The number of carbonyl (C=O) groups excluding carboxylic acids is 1. The molecule has 2 aromatic carbocycles. The minimum atomic E-state index is -0.578. The normalized spacial score (nSPS) is 13.1. The van der Waals surface area contributed by atoms with Gasteiger partial charge >= 0.3 is 0 Å². The van der Waals surface area contributed by atoms with Gasteiger partial charge in [-0.3, -0.25) is 4.79 Å². The minimum absolute atomic E-state index is 0.119. The van der Waals surface area contributed by atoms with Crippen LogP contribution >= 0.6 is 0 Å². The van der Waals surface area contributed by atoms with E-state index in [-0.39, 0.29) is 11.9 Å². The Morgan fingerprint density at radius 3 is 2.22 bits per heavy atom. The van der Waals surface area contributed by atoms with E-state index in [1.54, 1.807) is 6.92 Å². The van der Waals surface area contributed by atoms with E-state index in [4.69, 9.17) is 9.47 Å². The zero-order valence-electron chi connectivity index (χ0n) is 17.2. The van der Waals surface area contributed by atoms with Crippen molar-refractivity contribution in [2.24, 2.45) is 0 Å². The molecule has 1 N–H and O–H groups in total. The fourth-order valence-corrected chi connectivity index (χ4v) is 2.72. The number of hydrogen-bond donors (Lipinski definition) is 1. The van der Waals surface area contributed by atoms with Crippen LogP contribution in [-0.2, 0) is 4.79 Å². The minimum Gasteiger partial charge on any atom is -0.491 e. The maximum Gasteiger partial charge on any atom is 0.261 e. The second-order valence-corrected chi connectivity index (χ2v) is 7.49. The third-order valence-electron chi connectivity index (χ3n) is 4.37. The van der Waals surface area contributed by atoms with E-state index in [1.807, 2.05) is 51.1 Å². The van der Waals surface area contributed by atoms with Gasteiger partial charge in [-0.15, -0.1) is 0 Å². The quantitative estimate of drug-likeness (QED) is 0.728. The van der Waals surface area contributed by atoms with Crippen LogP contribution in [0.5, 0.6) is 11.5 Å². The molecule has 27 heavy (non-hydrogen) atoms. The lowest BCUT2D eigenvalue weighted by atomic mass is 10.0. The summed E-state index contributed by atoms with van der Waals surface area (Å²) in [6.45, 7) is 12.4. The van der Waals surface area contributed by atoms with E-state index in [0.29, 0.717) is 12.5 Å². The van der Waals surface area contributed by atoms with Gasteiger partial charge in [0.2, 0.25) is 0 Å². The maximum atomic E-state index is 12.5. The van der Waals surface area contributed by atoms with E-state index >= 15 is 0 Å². The molecule has 0 radical (unpaired) electrons. The first-order chi connectivity index (χ1) is 12.8. The van der Waals surface area contributed by atoms with Crippen LogP contribution in [0.15, 0.2) is 42.5 Å². The molecule has 0 aliphatic heterocycles. The van der Waals surface area contributed by atoms with Gasteiger partial charge in [-0.05, 0) is 62.9 Å². The first kappa shape index (κ1) is 20.8. The van der Waals surface area contributed by atoms with Crippen LogP contribution in [0.25, 0.3) is 0 Å². The van der Waals surface area contributed by atoms with E-state index in [0.717, 1.165) is 22.6 Å². The van der Waals surface area contributed by atoms with Crippen molar-refractivity contribution in [2.75, 3.05) is 6.61 Å². The van der Waals surface area contributed by atoms with Crippen LogP contribution in [0.2, 0.25) is 0 Å². The topological polar surface area (TPSA) is 47.6 Å². The number of ether oxygens (including phenoxy) is 2. The van der Waals surface area contributed by atoms with Crippen LogP contribution in [-0.4, -0.2) is 24.7 Å². The van der Waals surface area contributed by atoms with E-state index in [1.165, 1.54) is 5.56 Å². The molecular weight excluding hydrogens is 338 g/mol.